The van der Waals surface area contributed by atoms with Gasteiger partial charge in [0.15, 0.2) is 0 Å². The van der Waals surface area contributed by atoms with Crippen LogP contribution in [-0.4, -0.2) is 13.0 Å². The van der Waals surface area contributed by atoms with Crippen LogP contribution in [0.4, 0.5) is 5.69 Å². The SMILES string of the molecule is COc1cccc(OCc2csc(C(=O)Nc3cccc(Cl)c3C)c2)c1. The van der Waals surface area contributed by atoms with Gasteiger partial charge < -0.3 is 14.8 Å². The van der Waals surface area contributed by atoms with E-state index in [4.69, 9.17) is 21.1 Å². The molecule has 0 saturated heterocycles. The van der Waals surface area contributed by atoms with E-state index in [0.29, 0.717) is 22.2 Å². The van der Waals surface area contributed by atoms with Crippen molar-refractivity contribution in [2.75, 3.05) is 12.4 Å². The summed E-state index contributed by atoms with van der Waals surface area (Å²) in [6.07, 6.45) is 0. The molecular formula is C20H18ClNO3S. The average molecular weight is 388 g/mol. The Balaban J connectivity index is 1.63. The summed E-state index contributed by atoms with van der Waals surface area (Å²) in [7, 11) is 1.62. The number of thiophene rings is 1. The maximum absolute atomic E-state index is 12.4. The van der Waals surface area contributed by atoms with Crippen LogP contribution in [0.15, 0.2) is 53.9 Å². The molecule has 1 amide bonds. The lowest BCUT2D eigenvalue weighted by Gasteiger charge is -2.08. The topological polar surface area (TPSA) is 47.6 Å². The molecule has 0 saturated carbocycles. The molecule has 0 aliphatic heterocycles. The number of carbonyl (C=O) groups is 1. The highest BCUT2D eigenvalue weighted by molar-refractivity contribution is 7.12. The Morgan fingerprint density at radius 3 is 2.73 bits per heavy atom. The normalized spacial score (nSPS) is 10.4. The monoisotopic (exact) mass is 387 g/mol. The van der Waals surface area contributed by atoms with E-state index in [9.17, 15) is 4.79 Å². The quantitative estimate of drug-likeness (QED) is 0.603. The van der Waals surface area contributed by atoms with Gasteiger partial charge in [-0.05, 0) is 48.2 Å². The lowest BCUT2D eigenvalue weighted by atomic mass is 10.2. The summed E-state index contributed by atoms with van der Waals surface area (Å²) < 4.78 is 10.9. The standard InChI is InChI=1S/C20H18ClNO3S/c1-13-17(21)7-4-8-18(13)22-20(23)19-9-14(12-26-19)11-25-16-6-3-5-15(10-16)24-2/h3-10,12H,11H2,1-2H3,(H,22,23). The fraction of sp³-hybridized carbons (Fsp3) is 0.150. The van der Waals surface area contributed by atoms with E-state index in [1.54, 1.807) is 13.2 Å². The fourth-order valence-electron chi connectivity index (χ4n) is 2.35. The van der Waals surface area contributed by atoms with Crippen LogP contribution in [0.5, 0.6) is 11.5 Å². The maximum atomic E-state index is 12.4. The van der Waals surface area contributed by atoms with Crippen molar-refractivity contribution in [1.82, 2.24) is 0 Å². The highest BCUT2D eigenvalue weighted by Gasteiger charge is 2.12. The zero-order valence-electron chi connectivity index (χ0n) is 14.4. The molecule has 0 aliphatic carbocycles. The van der Waals surface area contributed by atoms with Gasteiger partial charge in [-0.2, -0.15) is 0 Å². The lowest BCUT2D eigenvalue weighted by Crippen LogP contribution is -2.11. The van der Waals surface area contributed by atoms with Crippen LogP contribution < -0.4 is 14.8 Å². The van der Waals surface area contributed by atoms with Gasteiger partial charge in [0.25, 0.3) is 5.91 Å². The third-order valence-corrected chi connectivity index (χ3v) is 5.23. The lowest BCUT2D eigenvalue weighted by molar-refractivity contribution is 0.103. The van der Waals surface area contributed by atoms with Gasteiger partial charge in [0.05, 0.1) is 12.0 Å². The second-order valence-electron chi connectivity index (χ2n) is 5.65. The van der Waals surface area contributed by atoms with Crippen LogP contribution in [0.3, 0.4) is 0 Å². The second-order valence-corrected chi connectivity index (χ2v) is 6.97. The van der Waals surface area contributed by atoms with Crippen molar-refractivity contribution in [3.05, 3.63) is 74.9 Å². The minimum atomic E-state index is -0.159. The number of rotatable bonds is 6. The first kappa shape index (κ1) is 18.3. The predicted octanol–water partition coefficient (Wildman–Crippen LogP) is 5.55. The molecule has 1 heterocycles. The molecule has 1 aromatic heterocycles. The minimum absolute atomic E-state index is 0.159. The highest BCUT2D eigenvalue weighted by Crippen LogP contribution is 2.25. The van der Waals surface area contributed by atoms with Crippen molar-refractivity contribution >= 4 is 34.5 Å². The zero-order chi connectivity index (χ0) is 18.5. The summed E-state index contributed by atoms with van der Waals surface area (Å²) in [5.74, 6) is 1.30. The maximum Gasteiger partial charge on any atom is 0.265 e. The molecule has 3 aromatic rings. The predicted molar refractivity (Wildman–Crippen MR) is 106 cm³/mol. The molecule has 0 atom stereocenters. The van der Waals surface area contributed by atoms with Crippen LogP contribution in [0.2, 0.25) is 5.02 Å². The van der Waals surface area contributed by atoms with Crippen LogP contribution in [0.25, 0.3) is 0 Å². The van der Waals surface area contributed by atoms with Gasteiger partial charge in [0, 0.05) is 22.3 Å². The largest absolute Gasteiger partial charge is 0.497 e. The van der Waals surface area contributed by atoms with Gasteiger partial charge >= 0.3 is 0 Å². The van der Waals surface area contributed by atoms with E-state index in [1.807, 2.05) is 54.8 Å². The fourth-order valence-corrected chi connectivity index (χ4v) is 3.32. The number of anilines is 1. The number of halogens is 1. The van der Waals surface area contributed by atoms with E-state index in [1.165, 1.54) is 11.3 Å². The molecule has 3 rings (SSSR count). The van der Waals surface area contributed by atoms with Gasteiger partial charge in [-0.3, -0.25) is 4.79 Å². The summed E-state index contributed by atoms with van der Waals surface area (Å²) >= 11 is 7.47. The Labute approximate surface area is 161 Å². The molecule has 1 N–H and O–H groups in total. The van der Waals surface area contributed by atoms with Crippen LogP contribution in [-0.2, 0) is 6.61 Å². The Morgan fingerprint density at radius 1 is 1.15 bits per heavy atom. The molecule has 0 unspecified atom stereocenters. The van der Waals surface area contributed by atoms with Crippen molar-refractivity contribution in [3.63, 3.8) is 0 Å². The van der Waals surface area contributed by atoms with Crippen molar-refractivity contribution < 1.29 is 14.3 Å². The molecule has 0 radical (unpaired) electrons. The van der Waals surface area contributed by atoms with Crippen molar-refractivity contribution in [2.24, 2.45) is 0 Å². The van der Waals surface area contributed by atoms with Crippen LogP contribution in [0, 0.1) is 6.92 Å². The number of amides is 1. The molecule has 6 heteroatoms. The first-order chi connectivity index (χ1) is 12.6. The first-order valence-corrected chi connectivity index (χ1v) is 9.23. The third-order valence-electron chi connectivity index (χ3n) is 3.84. The average Bonchev–Trinajstić information content (AvgIpc) is 3.13. The Morgan fingerprint density at radius 2 is 1.92 bits per heavy atom. The molecule has 0 spiro atoms. The van der Waals surface area contributed by atoms with Gasteiger partial charge in [0.1, 0.15) is 18.1 Å². The molecule has 0 bridgehead atoms. The number of methoxy groups -OCH3 is 1. The number of hydrogen-bond donors (Lipinski definition) is 1. The van der Waals surface area contributed by atoms with E-state index >= 15 is 0 Å². The molecule has 134 valence electrons. The number of hydrogen-bond acceptors (Lipinski definition) is 4. The Hall–Kier alpha value is -2.50. The van der Waals surface area contributed by atoms with E-state index in [0.717, 1.165) is 22.6 Å². The molecule has 2 aromatic carbocycles. The molecule has 26 heavy (non-hydrogen) atoms. The summed E-state index contributed by atoms with van der Waals surface area (Å²) in [4.78, 5) is 13.1. The first-order valence-electron chi connectivity index (χ1n) is 7.97. The van der Waals surface area contributed by atoms with E-state index in [2.05, 4.69) is 5.32 Å². The van der Waals surface area contributed by atoms with Crippen molar-refractivity contribution in [3.8, 4) is 11.5 Å². The van der Waals surface area contributed by atoms with Crippen LogP contribution in [0.1, 0.15) is 20.8 Å². The number of carbonyl (C=O) groups excluding carboxylic acids is 1. The van der Waals surface area contributed by atoms with E-state index < -0.39 is 0 Å². The highest BCUT2D eigenvalue weighted by atomic mass is 35.5. The second kappa shape index (κ2) is 8.25. The van der Waals surface area contributed by atoms with Crippen molar-refractivity contribution in [2.45, 2.75) is 13.5 Å². The van der Waals surface area contributed by atoms with Gasteiger partial charge in [0.2, 0.25) is 0 Å². The number of nitrogens with one attached hydrogen (secondary N) is 1. The molecule has 0 fully saturated rings. The third kappa shape index (κ3) is 4.36. The van der Waals surface area contributed by atoms with Gasteiger partial charge in [-0.1, -0.05) is 23.7 Å². The van der Waals surface area contributed by atoms with E-state index in [-0.39, 0.29) is 5.91 Å². The molecule has 0 aliphatic rings. The zero-order valence-corrected chi connectivity index (χ0v) is 16.0. The summed E-state index contributed by atoms with van der Waals surface area (Å²) in [6.45, 7) is 2.26. The van der Waals surface area contributed by atoms with Gasteiger partial charge in [-0.15, -0.1) is 11.3 Å². The summed E-state index contributed by atoms with van der Waals surface area (Å²) in [5.41, 5.74) is 2.50. The number of benzene rings is 2. The summed E-state index contributed by atoms with van der Waals surface area (Å²) in [6, 6.07) is 14.7. The van der Waals surface area contributed by atoms with Crippen LogP contribution >= 0.6 is 22.9 Å². The molecular weight excluding hydrogens is 370 g/mol. The minimum Gasteiger partial charge on any atom is -0.497 e. The molecule has 4 nitrogen and oxygen atoms in total. The Kier molecular flexibility index (Phi) is 5.81. The smallest absolute Gasteiger partial charge is 0.265 e. The number of ether oxygens (including phenoxy) is 2. The Bertz CT molecular complexity index is 923. The van der Waals surface area contributed by atoms with Gasteiger partial charge in [-0.25, -0.2) is 0 Å². The summed E-state index contributed by atoms with van der Waals surface area (Å²) in [5, 5.41) is 5.44. The van der Waals surface area contributed by atoms with Crippen molar-refractivity contribution in [1.29, 1.82) is 0 Å².